The van der Waals surface area contributed by atoms with Crippen LogP contribution in [0.15, 0.2) is 12.1 Å². The van der Waals surface area contributed by atoms with Gasteiger partial charge in [-0.25, -0.2) is 13.4 Å². The number of amides is 1. The van der Waals surface area contributed by atoms with E-state index in [4.69, 9.17) is 11.6 Å². The molecule has 1 fully saturated rings. The first-order chi connectivity index (χ1) is 9.25. The van der Waals surface area contributed by atoms with E-state index in [0.29, 0.717) is 12.2 Å². The monoisotopic (exact) mass is 317 g/mol. The maximum atomic E-state index is 12.2. The van der Waals surface area contributed by atoms with Gasteiger partial charge in [0.15, 0.2) is 9.84 Å². The van der Waals surface area contributed by atoms with Crippen LogP contribution in [0, 0.1) is 0 Å². The normalized spacial score (nSPS) is 24.4. The number of carbonyl (C=O) groups excluding carboxylic acids is 1. The van der Waals surface area contributed by atoms with Gasteiger partial charge in [-0.2, -0.15) is 0 Å². The Morgan fingerprint density at radius 3 is 2.70 bits per heavy atom. The Labute approximate surface area is 122 Å². The first-order valence-electron chi connectivity index (χ1n) is 6.12. The fraction of sp³-hybridized carbons (Fsp3) is 0.500. The van der Waals surface area contributed by atoms with Gasteiger partial charge in [0.1, 0.15) is 11.5 Å². The van der Waals surface area contributed by atoms with E-state index < -0.39 is 21.3 Å². The molecule has 2 rings (SSSR count). The molecule has 0 radical (unpaired) electrons. The van der Waals surface area contributed by atoms with Crippen molar-refractivity contribution >= 4 is 33.2 Å². The Morgan fingerprint density at radius 2 is 2.15 bits per heavy atom. The summed E-state index contributed by atoms with van der Waals surface area (Å²) >= 11 is 5.97. The molecule has 1 atom stereocenters. The van der Waals surface area contributed by atoms with E-state index in [0.717, 1.165) is 0 Å². The van der Waals surface area contributed by atoms with Crippen molar-refractivity contribution in [2.75, 3.05) is 23.9 Å². The highest BCUT2D eigenvalue weighted by molar-refractivity contribution is 7.91. The van der Waals surface area contributed by atoms with Crippen LogP contribution in [0.3, 0.4) is 0 Å². The molecule has 0 aromatic carbocycles. The number of halogens is 1. The maximum Gasteiger partial charge on any atom is 0.271 e. The van der Waals surface area contributed by atoms with Gasteiger partial charge in [0.2, 0.25) is 0 Å². The second-order valence-electron chi connectivity index (χ2n) is 5.13. The van der Waals surface area contributed by atoms with E-state index >= 15 is 0 Å². The van der Waals surface area contributed by atoms with Crippen LogP contribution in [0.2, 0.25) is 5.02 Å². The van der Waals surface area contributed by atoms with E-state index in [2.05, 4.69) is 15.6 Å². The smallest absolute Gasteiger partial charge is 0.271 e. The van der Waals surface area contributed by atoms with Gasteiger partial charge in [-0.15, -0.1) is 0 Å². The van der Waals surface area contributed by atoms with Crippen molar-refractivity contribution in [2.24, 2.45) is 0 Å². The van der Waals surface area contributed by atoms with Crippen molar-refractivity contribution in [1.29, 1.82) is 0 Å². The fourth-order valence-corrected chi connectivity index (χ4v) is 4.47. The SMILES string of the molecule is CNc1ccc(Cl)c(C(=O)NC2(C)CCS(=O)(=O)C2)n1. The molecule has 0 saturated carbocycles. The molecular formula is C12H16ClN3O3S. The van der Waals surface area contributed by atoms with Crippen LogP contribution < -0.4 is 10.6 Å². The number of aromatic nitrogens is 1. The van der Waals surface area contributed by atoms with Crippen LogP contribution in [-0.2, 0) is 9.84 Å². The summed E-state index contributed by atoms with van der Waals surface area (Å²) in [6, 6.07) is 3.23. The molecule has 2 heterocycles. The van der Waals surface area contributed by atoms with Crippen molar-refractivity contribution in [3.63, 3.8) is 0 Å². The number of nitrogens with one attached hydrogen (secondary N) is 2. The van der Waals surface area contributed by atoms with Crippen molar-refractivity contribution in [3.05, 3.63) is 22.8 Å². The lowest BCUT2D eigenvalue weighted by atomic mass is 10.0. The van der Waals surface area contributed by atoms with Crippen molar-refractivity contribution < 1.29 is 13.2 Å². The zero-order chi connectivity index (χ0) is 15.0. The molecule has 8 heteroatoms. The predicted molar refractivity (Wildman–Crippen MR) is 77.9 cm³/mol. The zero-order valence-electron chi connectivity index (χ0n) is 11.2. The summed E-state index contributed by atoms with van der Waals surface area (Å²) in [6.45, 7) is 1.71. The Bertz CT molecular complexity index is 647. The first-order valence-corrected chi connectivity index (χ1v) is 8.32. The fourth-order valence-electron chi connectivity index (χ4n) is 2.18. The molecule has 20 heavy (non-hydrogen) atoms. The molecular weight excluding hydrogens is 302 g/mol. The summed E-state index contributed by atoms with van der Waals surface area (Å²) in [6.07, 6.45) is 0.393. The van der Waals surface area contributed by atoms with Gasteiger partial charge in [0.25, 0.3) is 5.91 Å². The molecule has 110 valence electrons. The second-order valence-corrected chi connectivity index (χ2v) is 7.73. The molecule has 1 aromatic rings. The van der Waals surface area contributed by atoms with Gasteiger partial charge in [0.05, 0.1) is 22.1 Å². The number of nitrogens with zero attached hydrogens (tertiary/aromatic N) is 1. The number of rotatable bonds is 3. The zero-order valence-corrected chi connectivity index (χ0v) is 12.8. The topological polar surface area (TPSA) is 88.2 Å². The van der Waals surface area contributed by atoms with E-state index in [1.807, 2.05) is 0 Å². The molecule has 1 amide bonds. The number of pyridine rings is 1. The van der Waals surface area contributed by atoms with Crippen LogP contribution >= 0.6 is 11.6 Å². The second kappa shape index (κ2) is 5.21. The van der Waals surface area contributed by atoms with Gasteiger partial charge in [-0.1, -0.05) is 11.6 Å². The number of hydrogen-bond acceptors (Lipinski definition) is 5. The highest BCUT2D eigenvalue weighted by atomic mass is 35.5. The lowest BCUT2D eigenvalue weighted by Crippen LogP contribution is -2.47. The largest absolute Gasteiger partial charge is 0.373 e. The minimum Gasteiger partial charge on any atom is -0.373 e. The molecule has 1 aromatic heterocycles. The highest BCUT2D eigenvalue weighted by Crippen LogP contribution is 2.24. The van der Waals surface area contributed by atoms with Gasteiger partial charge in [-0.3, -0.25) is 4.79 Å². The van der Waals surface area contributed by atoms with Crippen LogP contribution in [0.1, 0.15) is 23.8 Å². The maximum absolute atomic E-state index is 12.2. The van der Waals surface area contributed by atoms with Crippen LogP contribution in [-0.4, -0.2) is 43.4 Å². The van der Waals surface area contributed by atoms with Crippen LogP contribution in [0.5, 0.6) is 0 Å². The Kier molecular flexibility index (Phi) is 3.93. The molecule has 1 aliphatic heterocycles. The average molecular weight is 318 g/mol. The van der Waals surface area contributed by atoms with E-state index in [9.17, 15) is 13.2 Å². The summed E-state index contributed by atoms with van der Waals surface area (Å²) in [5.41, 5.74) is -0.680. The molecule has 1 aliphatic rings. The molecule has 1 saturated heterocycles. The van der Waals surface area contributed by atoms with Crippen molar-refractivity contribution in [1.82, 2.24) is 10.3 Å². The molecule has 6 nitrogen and oxygen atoms in total. The van der Waals surface area contributed by atoms with Gasteiger partial charge >= 0.3 is 0 Å². The standard InChI is InChI=1S/C12H16ClN3O3S/c1-12(5-6-20(18,19)7-12)16-11(17)10-8(13)3-4-9(14-2)15-10/h3-4H,5-7H2,1-2H3,(H,14,15)(H,16,17). The highest BCUT2D eigenvalue weighted by Gasteiger charge is 2.40. The summed E-state index contributed by atoms with van der Waals surface area (Å²) in [4.78, 5) is 16.3. The van der Waals surface area contributed by atoms with Gasteiger partial charge < -0.3 is 10.6 Å². The van der Waals surface area contributed by atoms with Gasteiger partial charge in [-0.05, 0) is 25.5 Å². The van der Waals surface area contributed by atoms with Gasteiger partial charge in [0, 0.05) is 7.05 Å². The van der Waals surface area contributed by atoms with Crippen molar-refractivity contribution in [2.45, 2.75) is 18.9 Å². The minimum absolute atomic E-state index is 0.0604. The number of carbonyl (C=O) groups is 1. The third-order valence-corrected chi connectivity index (χ3v) is 5.44. The van der Waals surface area contributed by atoms with E-state index in [1.165, 1.54) is 0 Å². The quantitative estimate of drug-likeness (QED) is 0.871. The summed E-state index contributed by atoms with van der Waals surface area (Å²) < 4.78 is 23.1. The Balaban J connectivity index is 2.21. The molecule has 0 aliphatic carbocycles. The minimum atomic E-state index is -3.09. The number of anilines is 1. The van der Waals surface area contributed by atoms with Crippen LogP contribution in [0.25, 0.3) is 0 Å². The number of sulfone groups is 1. The summed E-state index contributed by atoms with van der Waals surface area (Å²) in [7, 11) is -1.40. The predicted octanol–water partition coefficient (Wildman–Crippen LogP) is 1.08. The summed E-state index contributed by atoms with van der Waals surface area (Å²) in [5, 5.41) is 5.77. The van der Waals surface area contributed by atoms with E-state index in [1.54, 1.807) is 26.1 Å². The van der Waals surface area contributed by atoms with Crippen molar-refractivity contribution in [3.8, 4) is 0 Å². The average Bonchev–Trinajstić information content (AvgIpc) is 2.63. The van der Waals surface area contributed by atoms with E-state index in [-0.39, 0.29) is 22.2 Å². The molecule has 0 bridgehead atoms. The third kappa shape index (κ3) is 3.21. The Morgan fingerprint density at radius 1 is 1.45 bits per heavy atom. The lowest BCUT2D eigenvalue weighted by molar-refractivity contribution is 0.0910. The molecule has 2 N–H and O–H groups in total. The lowest BCUT2D eigenvalue weighted by Gasteiger charge is -2.23. The Hall–Kier alpha value is -1.34. The third-order valence-electron chi connectivity index (χ3n) is 3.24. The number of hydrogen-bond donors (Lipinski definition) is 2. The molecule has 0 spiro atoms. The van der Waals surface area contributed by atoms with Crippen LogP contribution in [0.4, 0.5) is 5.82 Å². The molecule has 1 unspecified atom stereocenters. The first kappa shape index (κ1) is 15.1. The summed E-state index contributed by atoms with van der Waals surface area (Å²) in [5.74, 6) is 0.0757.